The van der Waals surface area contributed by atoms with Crippen molar-refractivity contribution in [3.05, 3.63) is 65.5 Å². The van der Waals surface area contributed by atoms with E-state index in [9.17, 15) is 4.79 Å². The number of carbonyl (C=O) groups is 1. The van der Waals surface area contributed by atoms with E-state index in [0.29, 0.717) is 6.54 Å². The second-order valence-corrected chi connectivity index (χ2v) is 7.40. The van der Waals surface area contributed by atoms with Crippen molar-refractivity contribution in [1.82, 2.24) is 15.2 Å². The quantitative estimate of drug-likeness (QED) is 0.898. The zero-order chi connectivity index (χ0) is 17.9. The lowest BCUT2D eigenvalue weighted by atomic mass is 9.99. The van der Waals surface area contributed by atoms with Crippen LogP contribution in [0, 0.1) is 12.8 Å². The summed E-state index contributed by atoms with van der Waals surface area (Å²) in [5.41, 5.74) is 3.62. The van der Waals surface area contributed by atoms with Gasteiger partial charge in [-0.3, -0.25) is 14.7 Å². The number of hydrogen-bond acceptors (Lipinski definition) is 4. The van der Waals surface area contributed by atoms with Gasteiger partial charge in [0.2, 0.25) is 5.91 Å². The summed E-state index contributed by atoms with van der Waals surface area (Å²) in [5, 5.41) is 3.05. The number of nitrogens with one attached hydrogen (secondary N) is 1. The van der Waals surface area contributed by atoms with Gasteiger partial charge in [-0.25, -0.2) is 0 Å². The molecule has 2 fully saturated rings. The second-order valence-electron chi connectivity index (χ2n) is 7.40. The van der Waals surface area contributed by atoms with Crippen LogP contribution in [0.1, 0.15) is 23.1 Å². The zero-order valence-electron chi connectivity index (χ0n) is 15.1. The summed E-state index contributed by atoms with van der Waals surface area (Å²) in [6, 6.07) is 12.5. The molecule has 2 bridgehead atoms. The minimum atomic E-state index is -0.0563. The summed E-state index contributed by atoms with van der Waals surface area (Å²) >= 11 is 0. The van der Waals surface area contributed by atoms with Gasteiger partial charge in [0.25, 0.3) is 0 Å². The molecule has 0 radical (unpaired) electrons. The molecule has 0 aliphatic carbocycles. The molecule has 0 saturated carbocycles. The fourth-order valence-electron chi connectivity index (χ4n) is 4.03. The maximum Gasteiger partial charge on any atom is 0.226 e. The number of amides is 1. The van der Waals surface area contributed by atoms with Crippen LogP contribution in [0.4, 0.5) is 0 Å². The molecule has 5 heteroatoms. The first-order valence-electron chi connectivity index (χ1n) is 9.27. The first-order chi connectivity index (χ1) is 12.7. The van der Waals surface area contributed by atoms with Crippen molar-refractivity contribution >= 4 is 5.91 Å². The Bertz CT molecular complexity index is 765. The molecule has 1 aromatic heterocycles. The first kappa shape index (κ1) is 17.2. The topological polar surface area (TPSA) is 54.5 Å². The lowest BCUT2D eigenvalue weighted by Gasteiger charge is -2.32. The highest BCUT2D eigenvalue weighted by atomic mass is 16.5. The van der Waals surface area contributed by atoms with Gasteiger partial charge in [0.1, 0.15) is 0 Å². The first-order valence-corrected chi connectivity index (χ1v) is 9.27. The van der Waals surface area contributed by atoms with Crippen molar-refractivity contribution in [3.8, 4) is 0 Å². The molecule has 2 saturated heterocycles. The van der Waals surface area contributed by atoms with Crippen molar-refractivity contribution in [2.75, 3.05) is 13.1 Å². The Kier molecular flexibility index (Phi) is 5.00. The SMILES string of the molecule is Cc1cccc(CN2C[C@@H]3C[C@H](C(=O)NCc4cccnc4)[C@H](C2)O3)c1. The second kappa shape index (κ2) is 7.56. The largest absolute Gasteiger partial charge is 0.371 e. The Labute approximate surface area is 154 Å². The van der Waals surface area contributed by atoms with Gasteiger partial charge in [0, 0.05) is 38.6 Å². The number of nitrogens with zero attached hydrogens (tertiary/aromatic N) is 2. The molecule has 2 aliphatic rings. The van der Waals surface area contributed by atoms with Crippen molar-refractivity contribution in [2.45, 2.75) is 38.6 Å². The van der Waals surface area contributed by atoms with Gasteiger partial charge in [0.05, 0.1) is 18.1 Å². The van der Waals surface area contributed by atoms with Crippen LogP contribution in [-0.2, 0) is 22.6 Å². The lowest BCUT2D eigenvalue weighted by Crippen LogP contribution is -2.44. The normalized spacial score (nSPS) is 25.2. The number of carbonyl (C=O) groups excluding carboxylic acids is 1. The maximum absolute atomic E-state index is 12.6. The fraction of sp³-hybridized carbons (Fsp3) is 0.429. The summed E-state index contributed by atoms with van der Waals surface area (Å²) < 4.78 is 6.06. The summed E-state index contributed by atoms with van der Waals surface area (Å²) in [4.78, 5) is 19.1. The van der Waals surface area contributed by atoms with E-state index in [4.69, 9.17) is 4.74 Å². The molecular weight excluding hydrogens is 326 g/mol. The van der Waals surface area contributed by atoms with Crippen LogP contribution in [0.2, 0.25) is 0 Å². The Morgan fingerprint density at radius 1 is 1.27 bits per heavy atom. The summed E-state index contributed by atoms with van der Waals surface area (Å²) in [6.45, 7) is 5.27. The maximum atomic E-state index is 12.6. The number of rotatable bonds is 5. The van der Waals surface area contributed by atoms with Gasteiger partial charge < -0.3 is 10.1 Å². The average Bonchev–Trinajstić information content (AvgIpc) is 2.95. The fourth-order valence-corrected chi connectivity index (χ4v) is 4.03. The Morgan fingerprint density at radius 3 is 2.96 bits per heavy atom. The van der Waals surface area contributed by atoms with E-state index in [1.807, 2.05) is 12.1 Å². The average molecular weight is 351 g/mol. The molecule has 1 aromatic carbocycles. The smallest absolute Gasteiger partial charge is 0.226 e. The number of morpholine rings is 1. The van der Waals surface area contributed by atoms with Crippen molar-refractivity contribution < 1.29 is 9.53 Å². The molecular formula is C21H25N3O2. The molecule has 3 heterocycles. The predicted octanol–water partition coefficient (Wildman–Crippen LogP) is 2.30. The van der Waals surface area contributed by atoms with Crippen LogP contribution in [0.3, 0.4) is 0 Å². The van der Waals surface area contributed by atoms with Gasteiger partial charge in [-0.05, 0) is 30.5 Å². The van der Waals surface area contributed by atoms with E-state index in [0.717, 1.165) is 31.6 Å². The molecule has 1 amide bonds. The third-order valence-corrected chi connectivity index (χ3v) is 5.25. The van der Waals surface area contributed by atoms with E-state index < -0.39 is 0 Å². The zero-order valence-corrected chi connectivity index (χ0v) is 15.1. The predicted molar refractivity (Wildman–Crippen MR) is 99.3 cm³/mol. The molecule has 2 aliphatic heterocycles. The highest BCUT2D eigenvalue weighted by molar-refractivity contribution is 5.79. The van der Waals surface area contributed by atoms with Gasteiger partial charge in [-0.1, -0.05) is 35.9 Å². The molecule has 136 valence electrons. The minimum absolute atomic E-state index is 0.00698. The number of benzene rings is 1. The molecule has 5 nitrogen and oxygen atoms in total. The highest BCUT2D eigenvalue weighted by Gasteiger charge is 2.44. The molecule has 0 spiro atoms. The van der Waals surface area contributed by atoms with Crippen LogP contribution in [0.5, 0.6) is 0 Å². The van der Waals surface area contributed by atoms with Gasteiger partial charge in [0.15, 0.2) is 0 Å². The summed E-state index contributed by atoms with van der Waals surface area (Å²) in [7, 11) is 0. The van der Waals surface area contributed by atoms with Crippen molar-refractivity contribution in [3.63, 3.8) is 0 Å². The van der Waals surface area contributed by atoms with Crippen molar-refractivity contribution in [1.29, 1.82) is 0 Å². The molecule has 4 rings (SSSR count). The highest BCUT2D eigenvalue weighted by Crippen LogP contribution is 2.32. The number of ether oxygens (including phenoxy) is 1. The standard InChI is InChI=1S/C21H25N3O2/c1-15-4-2-5-16(8-15)12-24-13-18-9-19(20(14-24)26-18)21(25)23-11-17-6-3-7-22-10-17/h2-8,10,18-20H,9,11-14H2,1H3,(H,23,25)/t18-,19-,20-/m0/s1. The van der Waals surface area contributed by atoms with Gasteiger partial charge in [-0.15, -0.1) is 0 Å². The summed E-state index contributed by atoms with van der Waals surface area (Å²) in [5.74, 6) is 0.0398. The van der Waals surface area contributed by atoms with Gasteiger partial charge >= 0.3 is 0 Å². The van der Waals surface area contributed by atoms with E-state index in [-0.39, 0.29) is 24.0 Å². The summed E-state index contributed by atoms with van der Waals surface area (Å²) in [6.07, 6.45) is 4.49. The third kappa shape index (κ3) is 3.94. The monoisotopic (exact) mass is 351 g/mol. The van der Waals surface area contributed by atoms with Crippen LogP contribution in [-0.4, -0.2) is 41.1 Å². The number of pyridine rings is 1. The number of aryl methyl sites for hydroxylation is 1. The lowest BCUT2D eigenvalue weighted by molar-refractivity contribution is -0.128. The van der Waals surface area contributed by atoms with E-state index in [1.165, 1.54) is 11.1 Å². The Morgan fingerprint density at radius 2 is 2.15 bits per heavy atom. The number of likely N-dealkylation sites (tertiary alicyclic amines) is 1. The van der Waals surface area contributed by atoms with E-state index >= 15 is 0 Å². The van der Waals surface area contributed by atoms with Gasteiger partial charge in [-0.2, -0.15) is 0 Å². The van der Waals surface area contributed by atoms with Crippen LogP contribution >= 0.6 is 0 Å². The Hall–Kier alpha value is -2.24. The molecule has 3 atom stereocenters. The number of hydrogen-bond donors (Lipinski definition) is 1. The molecule has 1 N–H and O–H groups in total. The van der Waals surface area contributed by atoms with Crippen molar-refractivity contribution in [2.24, 2.45) is 5.92 Å². The molecule has 26 heavy (non-hydrogen) atoms. The molecule has 0 unspecified atom stereocenters. The van der Waals surface area contributed by atoms with Crippen LogP contribution in [0.15, 0.2) is 48.8 Å². The number of fused-ring (bicyclic) bond motifs is 2. The van der Waals surface area contributed by atoms with E-state index in [1.54, 1.807) is 12.4 Å². The molecule has 2 aromatic rings. The van der Waals surface area contributed by atoms with Crippen LogP contribution in [0.25, 0.3) is 0 Å². The number of aromatic nitrogens is 1. The van der Waals surface area contributed by atoms with Crippen LogP contribution < -0.4 is 5.32 Å². The minimum Gasteiger partial charge on any atom is -0.371 e. The third-order valence-electron chi connectivity index (χ3n) is 5.25. The Balaban J connectivity index is 1.34. The van der Waals surface area contributed by atoms with E-state index in [2.05, 4.69) is 46.4 Å².